The minimum absolute atomic E-state index is 0.0992. The average molecular weight is 404 g/mol. The molecule has 0 saturated heterocycles. The van der Waals surface area contributed by atoms with Crippen molar-refractivity contribution in [3.63, 3.8) is 0 Å². The Morgan fingerprint density at radius 2 is 2.07 bits per heavy atom. The molecule has 4 rings (SSSR count). The summed E-state index contributed by atoms with van der Waals surface area (Å²) >= 11 is 0. The van der Waals surface area contributed by atoms with Crippen LogP contribution >= 0.6 is 0 Å². The van der Waals surface area contributed by atoms with E-state index in [9.17, 15) is 13.2 Å². The Morgan fingerprint density at radius 1 is 1.29 bits per heavy atom. The summed E-state index contributed by atoms with van der Waals surface area (Å²) in [6.45, 7) is 3.03. The zero-order chi connectivity index (χ0) is 19.9. The normalized spacial score (nSPS) is 19.8. The first-order valence-corrected chi connectivity index (χ1v) is 11.2. The maximum absolute atomic E-state index is 12.8. The largest absolute Gasteiger partial charge is 0.491 e. The zero-order valence-corrected chi connectivity index (χ0v) is 16.8. The molecule has 0 spiro atoms. The maximum Gasteiger partial charge on any atom is 0.290 e. The van der Waals surface area contributed by atoms with E-state index in [1.807, 2.05) is 25.1 Å². The molecule has 7 nitrogen and oxygen atoms in total. The van der Waals surface area contributed by atoms with Gasteiger partial charge in [0.2, 0.25) is 10.0 Å². The van der Waals surface area contributed by atoms with Crippen molar-refractivity contribution in [2.45, 2.75) is 44.9 Å². The van der Waals surface area contributed by atoms with Crippen LogP contribution in [0.5, 0.6) is 5.75 Å². The van der Waals surface area contributed by atoms with E-state index < -0.39 is 10.0 Å². The molecule has 1 saturated carbocycles. The third-order valence-electron chi connectivity index (χ3n) is 5.19. The van der Waals surface area contributed by atoms with E-state index in [-0.39, 0.29) is 18.0 Å². The van der Waals surface area contributed by atoms with Crippen LogP contribution in [0.3, 0.4) is 0 Å². The highest BCUT2D eigenvalue weighted by Crippen LogP contribution is 2.32. The standard InChI is InChI=1S/C20H24N2O5S/c1-14-13-27-18-8-5-15(11-22(17-6-7-17)28(2,24)25)10-16(18)12-21(14)20(23)19-4-3-9-26-19/h3-5,8-10,14,17H,6-7,11-13H2,1-2H3/t14-/m0/s1. The van der Waals surface area contributed by atoms with Crippen molar-refractivity contribution in [3.05, 3.63) is 53.5 Å². The van der Waals surface area contributed by atoms with Crippen molar-refractivity contribution in [3.8, 4) is 5.75 Å². The zero-order valence-electron chi connectivity index (χ0n) is 16.0. The van der Waals surface area contributed by atoms with Crippen molar-refractivity contribution < 1.29 is 22.4 Å². The SMILES string of the molecule is C[C@H]1COc2ccc(CN(C3CC3)S(C)(=O)=O)cc2CN1C(=O)c1ccco1. The fourth-order valence-electron chi connectivity index (χ4n) is 3.51. The van der Waals surface area contributed by atoms with Crippen LogP contribution in [0.25, 0.3) is 0 Å². The minimum atomic E-state index is -3.27. The van der Waals surface area contributed by atoms with Gasteiger partial charge in [-0.2, -0.15) is 4.31 Å². The van der Waals surface area contributed by atoms with Gasteiger partial charge in [-0.25, -0.2) is 8.42 Å². The van der Waals surface area contributed by atoms with E-state index in [0.717, 1.165) is 29.7 Å². The fourth-order valence-corrected chi connectivity index (χ4v) is 4.64. The number of hydrogen-bond donors (Lipinski definition) is 0. The summed E-state index contributed by atoms with van der Waals surface area (Å²) in [5, 5.41) is 0. The maximum atomic E-state index is 12.8. The molecule has 2 aromatic rings. The summed E-state index contributed by atoms with van der Waals surface area (Å²) in [5.74, 6) is 0.834. The molecule has 1 fully saturated rings. The number of amides is 1. The van der Waals surface area contributed by atoms with Gasteiger partial charge in [0.1, 0.15) is 12.4 Å². The van der Waals surface area contributed by atoms with E-state index in [1.54, 1.807) is 21.3 Å². The molecule has 1 aromatic carbocycles. The molecule has 0 radical (unpaired) electrons. The second kappa shape index (κ2) is 7.25. The first-order chi connectivity index (χ1) is 13.3. The summed E-state index contributed by atoms with van der Waals surface area (Å²) < 4.78 is 36.9. The highest BCUT2D eigenvalue weighted by atomic mass is 32.2. The van der Waals surface area contributed by atoms with Gasteiger partial charge in [-0.05, 0) is 49.6 Å². The van der Waals surface area contributed by atoms with Gasteiger partial charge >= 0.3 is 0 Å². The quantitative estimate of drug-likeness (QED) is 0.765. The second-order valence-corrected chi connectivity index (χ2v) is 9.49. The molecule has 1 aromatic heterocycles. The number of furan rings is 1. The molecule has 2 heterocycles. The Kier molecular flexibility index (Phi) is 4.93. The second-order valence-electron chi connectivity index (χ2n) is 7.55. The summed E-state index contributed by atoms with van der Waals surface area (Å²) in [6, 6.07) is 9.03. The number of rotatable bonds is 5. The summed E-state index contributed by atoms with van der Waals surface area (Å²) in [4.78, 5) is 14.5. The van der Waals surface area contributed by atoms with E-state index in [2.05, 4.69) is 0 Å². The molecule has 150 valence electrons. The number of hydrogen-bond acceptors (Lipinski definition) is 5. The molecule has 2 aliphatic rings. The number of sulfonamides is 1. The van der Waals surface area contributed by atoms with Crippen LogP contribution in [0.1, 0.15) is 41.4 Å². The number of carbonyl (C=O) groups is 1. The van der Waals surface area contributed by atoms with Gasteiger partial charge in [0.25, 0.3) is 5.91 Å². The van der Waals surface area contributed by atoms with Crippen LogP contribution in [0.4, 0.5) is 0 Å². The lowest BCUT2D eigenvalue weighted by molar-refractivity contribution is 0.0613. The summed E-state index contributed by atoms with van der Waals surface area (Å²) in [6.07, 6.45) is 4.55. The molecule has 28 heavy (non-hydrogen) atoms. The molecule has 1 amide bonds. The molecule has 1 aliphatic heterocycles. The van der Waals surface area contributed by atoms with Gasteiger partial charge in [0.15, 0.2) is 5.76 Å². The van der Waals surface area contributed by atoms with Crippen LogP contribution in [0.15, 0.2) is 41.0 Å². The van der Waals surface area contributed by atoms with E-state index in [4.69, 9.17) is 9.15 Å². The van der Waals surface area contributed by atoms with Gasteiger partial charge < -0.3 is 14.1 Å². The van der Waals surface area contributed by atoms with Crippen LogP contribution in [0, 0.1) is 0 Å². The first-order valence-electron chi connectivity index (χ1n) is 9.39. The van der Waals surface area contributed by atoms with Crippen LogP contribution in [0.2, 0.25) is 0 Å². The van der Waals surface area contributed by atoms with Gasteiger partial charge in [-0.1, -0.05) is 6.07 Å². The number of carbonyl (C=O) groups excluding carboxylic acids is 1. The predicted molar refractivity (Wildman–Crippen MR) is 103 cm³/mol. The Hall–Kier alpha value is -2.32. The molecule has 1 aliphatic carbocycles. The fraction of sp³-hybridized carbons (Fsp3) is 0.450. The molecule has 0 unspecified atom stereocenters. The minimum Gasteiger partial charge on any atom is -0.491 e. The lowest BCUT2D eigenvalue weighted by Crippen LogP contribution is -2.39. The van der Waals surface area contributed by atoms with Crippen molar-refractivity contribution in [1.29, 1.82) is 0 Å². The van der Waals surface area contributed by atoms with Crippen molar-refractivity contribution in [2.75, 3.05) is 12.9 Å². The number of benzene rings is 1. The van der Waals surface area contributed by atoms with Gasteiger partial charge in [-0.15, -0.1) is 0 Å². The van der Waals surface area contributed by atoms with Crippen LogP contribution in [-0.2, 0) is 23.1 Å². The first kappa shape index (κ1) is 19.0. The van der Waals surface area contributed by atoms with Gasteiger partial charge in [-0.3, -0.25) is 4.79 Å². The van der Waals surface area contributed by atoms with Crippen LogP contribution in [-0.4, -0.2) is 48.5 Å². The van der Waals surface area contributed by atoms with Crippen LogP contribution < -0.4 is 4.74 Å². The smallest absolute Gasteiger partial charge is 0.290 e. The van der Waals surface area contributed by atoms with Crippen molar-refractivity contribution >= 4 is 15.9 Å². The Bertz CT molecular complexity index is 966. The van der Waals surface area contributed by atoms with E-state index in [1.165, 1.54) is 12.5 Å². The third kappa shape index (κ3) is 3.93. The lowest BCUT2D eigenvalue weighted by atomic mass is 10.1. The molecule has 8 heteroatoms. The topological polar surface area (TPSA) is 80.1 Å². The molecule has 1 atom stereocenters. The number of nitrogens with zero attached hydrogens (tertiary/aromatic N) is 2. The highest BCUT2D eigenvalue weighted by Gasteiger charge is 2.35. The molecular formula is C20H24N2O5S. The van der Waals surface area contributed by atoms with E-state index >= 15 is 0 Å². The van der Waals surface area contributed by atoms with Crippen molar-refractivity contribution in [1.82, 2.24) is 9.21 Å². The average Bonchev–Trinajstić information content (AvgIpc) is 3.36. The molecule has 0 bridgehead atoms. The number of ether oxygens (including phenoxy) is 1. The monoisotopic (exact) mass is 404 g/mol. The highest BCUT2D eigenvalue weighted by molar-refractivity contribution is 7.88. The lowest BCUT2D eigenvalue weighted by Gasteiger charge is -2.25. The van der Waals surface area contributed by atoms with Crippen molar-refractivity contribution in [2.24, 2.45) is 0 Å². The summed E-state index contributed by atoms with van der Waals surface area (Å²) in [7, 11) is -3.27. The molecule has 0 N–H and O–H groups in total. The van der Waals surface area contributed by atoms with Gasteiger partial charge in [0, 0.05) is 18.2 Å². The number of fused-ring (bicyclic) bond motifs is 1. The summed E-state index contributed by atoms with van der Waals surface area (Å²) in [5.41, 5.74) is 1.76. The Labute approximate surface area is 164 Å². The predicted octanol–water partition coefficient (Wildman–Crippen LogP) is 2.63. The Morgan fingerprint density at radius 3 is 2.71 bits per heavy atom. The Balaban J connectivity index is 1.59. The molecular weight excluding hydrogens is 380 g/mol. The van der Waals surface area contributed by atoms with E-state index in [0.29, 0.717) is 25.5 Å². The third-order valence-corrected chi connectivity index (χ3v) is 6.47. The van der Waals surface area contributed by atoms with Gasteiger partial charge in [0.05, 0.1) is 25.1 Å².